The molecule has 7 nitrogen and oxygen atoms in total. The van der Waals surface area contributed by atoms with Gasteiger partial charge in [-0.15, -0.1) is 0 Å². The van der Waals surface area contributed by atoms with Crippen molar-refractivity contribution in [2.24, 2.45) is 0 Å². The minimum Gasteiger partial charge on any atom is -0.480 e. The molecule has 3 rings (SSSR count). The Morgan fingerprint density at radius 3 is 1.67 bits per heavy atom. The molecule has 0 saturated heterocycles. The molecule has 0 unspecified atom stereocenters. The summed E-state index contributed by atoms with van der Waals surface area (Å²) in [5, 5.41) is 8.48. The second kappa shape index (κ2) is 16.0. The molecular weight excluding hydrogens is 460 g/mol. The third kappa shape index (κ3) is 8.69. The molecule has 1 N–H and O–H groups in total. The molecule has 0 heterocycles. The molecule has 1 aliphatic carbocycles. The first-order valence-electron chi connectivity index (χ1n) is 12.4. The first kappa shape index (κ1) is 27.8. The highest BCUT2D eigenvalue weighted by molar-refractivity contribution is 5.67. The molecule has 0 spiro atoms. The lowest BCUT2D eigenvalue weighted by molar-refractivity contribution is -0.142. The summed E-state index contributed by atoms with van der Waals surface area (Å²) in [4.78, 5) is 10.3. The Bertz CT molecular complexity index is 901. The van der Waals surface area contributed by atoms with Gasteiger partial charge in [0.15, 0.2) is 0 Å². The molecule has 0 aliphatic heterocycles. The van der Waals surface area contributed by atoms with Gasteiger partial charge in [-0.05, 0) is 29.5 Å². The van der Waals surface area contributed by atoms with Crippen LogP contribution in [0.5, 0.6) is 0 Å². The van der Waals surface area contributed by atoms with Gasteiger partial charge in [-0.1, -0.05) is 78.9 Å². The van der Waals surface area contributed by atoms with Gasteiger partial charge in [0.05, 0.1) is 52.9 Å². The summed E-state index contributed by atoms with van der Waals surface area (Å²) in [7, 11) is 0. The number of carboxylic acids is 1. The molecule has 0 aromatic heterocycles. The van der Waals surface area contributed by atoms with Crippen LogP contribution in [0.25, 0.3) is 0 Å². The lowest BCUT2D eigenvalue weighted by Crippen LogP contribution is -2.35. The molecule has 36 heavy (non-hydrogen) atoms. The van der Waals surface area contributed by atoms with Gasteiger partial charge in [-0.3, -0.25) is 0 Å². The number of rotatable bonds is 18. The minimum atomic E-state index is -0.988. The Kier molecular flexibility index (Phi) is 12.4. The van der Waals surface area contributed by atoms with Gasteiger partial charge in [0.1, 0.15) is 12.2 Å². The topological polar surface area (TPSA) is 83.5 Å². The molecule has 1 aliphatic rings. The Morgan fingerprint density at radius 1 is 0.694 bits per heavy atom. The molecule has 194 valence electrons. The van der Waals surface area contributed by atoms with E-state index in [2.05, 4.69) is 42.5 Å². The molecule has 0 fully saturated rings. The average Bonchev–Trinajstić information content (AvgIpc) is 2.92. The maximum absolute atomic E-state index is 10.3. The van der Waals surface area contributed by atoms with Crippen LogP contribution in [0, 0.1) is 0 Å². The second-order valence-corrected chi connectivity index (χ2v) is 8.18. The van der Waals surface area contributed by atoms with E-state index in [1.165, 1.54) is 0 Å². The zero-order valence-corrected chi connectivity index (χ0v) is 20.7. The van der Waals surface area contributed by atoms with E-state index in [1.54, 1.807) is 0 Å². The second-order valence-electron chi connectivity index (χ2n) is 8.18. The van der Waals surface area contributed by atoms with E-state index in [1.807, 2.05) is 36.4 Å². The van der Waals surface area contributed by atoms with Gasteiger partial charge in [0.25, 0.3) is 0 Å². The predicted octanol–water partition coefficient (Wildman–Crippen LogP) is 4.37. The van der Waals surface area contributed by atoms with Crippen molar-refractivity contribution in [1.29, 1.82) is 0 Å². The molecule has 2 aromatic rings. The van der Waals surface area contributed by atoms with Crippen molar-refractivity contribution in [2.75, 3.05) is 59.5 Å². The van der Waals surface area contributed by atoms with Crippen LogP contribution in [0.2, 0.25) is 0 Å². The summed E-state index contributed by atoms with van der Waals surface area (Å²) in [6.45, 7) is 2.90. The van der Waals surface area contributed by atoms with Gasteiger partial charge >= 0.3 is 5.97 Å². The highest BCUT2D eigenvalue weighted by Crippen LogP contribution is 2.42. The summed E-state index contributed by atoms with van der Waals surface area (Å²) >= 11 is 0. The minimum absolute atomic E-state index is 0.246. The van der Waals surface area contributed by atoms with Crippen LogP contribution in [0.4, 0.5) is 0 Å². The van der Waals surface area contributed by atoms with E-state index in [0.29, 0.717) is 46.2 Å². The first-order chi connectivity index (χ1) is 17.7. The first-order valence-corrected chi connectivity index (χ1v) is 12.4. The third-order valence-corrected chi connectivity index (χ3v) is 5.65. The molecule has 0 bridgehead atoms. The maximum Gasteiger partial charge on any atom is 0.329 e. The molecule has 0 radical (unpaired) electrons. The number of ether oxygens (including phenoxy) is 5. The van der Waals surface area contributed by atoms with Gasteiger partial charge in [0.2, 0.25) is 0 Å². The quantitative estimate of drug-likeness (QED) is 0.307. The van der Waals surface area contributed by atoms with Gasteiger partial charge in [-0.25, -0.2) is 4.79 Å². The Balaban J connectivity index is 1.45. The summed E-state index contributed by atoms with van der Waals surface area (Å²) in [6, 6.07) is 20.7. The van der Waals surface area contributed by atoms with Gasteiger partial charge in [0, 0.05) is 0 Å². The van der Waals surface area contributed by atoms with E-state index < -0.39 is 11.6 Å². The molecule has 0 atom stereocenters. The van der Waals surface area contributed by atoms with Crippen molar-refractivity contribution >= 4 is 5.97 Å². The molecule has 0 amide bonds. The maximum atomic E-state index is 10.3. The van der Waals surface area contributed by atoms with Crippen molar-refractivity contribution in [3.05, 3.63) is 95.6 Å². The van der Waals surface area contributed by atoms with E-state index in [9.17, 15) is 4.79 Å². The summed E-state index contributed by atoms with van der Waals surface area (Å²) in [6.07, 6.45) is 8.69. The highest BCUT2D eigenvalue weighted by atomic mass is 16.6. The third-order valence-electron chi connectivity index (χ3n) is 5.65. The zero-order chi connectivity index (χ0) is 25.3. The summed E-state index contributed by atoms with van der Waals surface area (Å²) in [5.41, 5.74) is 2.62. The Morgan fingerprint density at radius 2 is 1.19 bits per heavy atom. The van der Waals surface area contributed by atoms with Crippen molar-refractivity contribution in [3.63, 3.8) is 0 Å². The standard InChI is InChI=1S/C29H36O7/c30-28(31)24-35-21-20-33-17-16-32-18-19-34-22-23-36-29(25-10-4-1-5-11-25,26-12-6-2-7-13-26)27-14-8-3-9-15-27/h1-2,4-8,10-15H,3,9,16-24H2,(H,30,31). The van der Waals surface area contributed by atoms with Gasteiger partial charge in [-0.2, -0.15) is 0 Å². The zero-order valence-electron chi connectivity index (χ0n) is 20.7. The van der Waals surface area contributed by atoms with Crippen molar-refractivity contribution in [2.45, 2.75) is 18.4 Å². The smallest absolute Gasteiger partial charge is 0.329 e. The monoisotopic (exact) mass is 496 g/mol. The number of aliphatic carboxylic acids is 1. The van der Waals surface area contributed by atoms with Crippen LogP contribution in [-0.2, 0) is 34.1 Å². The summed E-state index contributed by atoms with van der Waals surface area (Å²) < 4.78 is 28.2. The number of hydrogen-bond acceptors (Lipinski definition) is 6. The molecular formula is C29H36O7. The van der Waals surface area contributed by atoms with E-state index in [-0.39, 0.29) is 13.2 Å². The van der Waals surface area contributed by atoms with Crippen molar-refractivity contribution in [1.82, 2.24) is 0 Å². The van der Waals surface area contributed by atoms with Crippen LogP contribution < -0.4 is 0 Å². The Labute approximate surface area is 213 Å². The average molecular weight is 497 g/mol. The molecule has 0 saturated carbocycles. The molecule has 2 aromatic carbocycles. The van der Waals surface area contributed by atoms with Crippen LogP contribution in [-0.4, -0.2) is 70.5 Å². The normalized spacial score (nSPS) is 13.5. The van der Waals surface area contributed by atoms with Crippen molar-refractivity contribution in [3.8, 4) is 0 Å². The highest BCUT2D eigenvalue weighted by Gasteiger charge is 2.38. The van der Waals surface area contributed by atoms with Crippen LogP contribution >= 0.6 is 0 Å². The van der Waals surface area contributed by atoms with Crippen LogP contribution in [0.15, 0.2) is 84.5 Å². The fourth-order valence-corrected chi connectivity index (χ4v) is 4.04. The van der Waals surface area contributed by atoms with E-state index in [4.69, 9.17) is 28.8 Å². The number of carbonyl (C=O) groups is 1. The number of hydrogen-bond donors (Lipinski definition) is 1. The van der Waals surface area contributed by atoms with E-state index in [0.717, 1.165) is 29.5 Å². The largest absolute Gasteiger partial charge is 0.480 e. The van der Waals surface area contributed by atoms with E-state index >= 15 is 0 Å². The fourth-order valence-electron chi connectivity index (χ4n) is 4.04. The fraction of sp³-hybridized carbons (Fsp3) is 0.414. The van der Waals surface area contributed by atoms with Crippen LogP contribution in [0.3, 0.4) is 0 Å². The lowest BCUT2D eigenvalue weighted by Gasteiger charge is -2.37. The number of allylic oxidation sites excluding steroid dienone is 2. The SMILES string of the molecule is O=C(O)COCCOCCOCCOCCOC(C1=CCCC=C1)(c1ccccc1)c1ccccc1. The van der Waals surface area contributed by atoms with Crippen LogP contribution in [0.1, 0.15) is 24.0 Å². The number of benzene rings is 2. The summed E-state index contributed by atoms with van der Waals surface area (Å²) in [5.74, 6) is -0.988. The lowest BCUT2D eigenvalue weighted by atomic mass is 9.78. The Hall–Kier alpha value is -2.81. The predicted molar refractivity (Wildman–Crippen MR) is 137 cm³/mol. The van der Waals surface area contributed by atoms with Gasteiger partial charge < -0.3 is 28.8 Å². The van der Waals surface area contributed by atoms with Crippen molar-refractivity contribution < 1.29 is 33.6 Å². The molecule has 7 heteroatoms. The number of carboxylic acid groups (broad SMARTS) is 1.